The molecule has 0 bridgehead atoms. The van der Waals surface area contributed by atoms with Crippen LogP contribution in [0, 0.1) is 11.3 Å². The smallest absolute Gasteiger partial charge is 0.210 e. The van der Waals surface area contributed by atoms with Crippen molar-refractivity contribution in [2.75, 3.05) is 13.0 Å². The minimum atomic E-state index is 0.525. The van der Waals surface area contributed by atoms with Crippen LogP contribution in [0.4, 0.5) is 0 Å². The van der Waals surface area contributed by atoms with E-state index in [0.29, 0.717) is 28.0 Å². The summed E-state index contributed by atoms with van der Waals surface area (Å²) in [7, 11) is 1.60. The van der Waals surface area contributed by atoms with Crippen molar-refractivity contribution >= 4 is 17.3 Å². The maximum absolute atomic E-state index is 9.52. The average molecular weight is 376 g/mol. The monoisotopic (exact) mass is 376 g/mol. The molecule has 3 aromatic heterocycles. The number of pyridine rings is 1. The second-order valence-corrected chi connectivity index (χ2v) is 6.74. The third-order valence-corrected chi connectivity index (χ3v) is 5.24. The predicted octanol–water partition coefficient (Wildman–Crippen LogP) is 3.08. The Hall–Kier alpha value is -3.44. The minimum Gasteiger partial charge on any atom is -0.496 e. The van der Waals surface area contributed by atoms with Crippen molar-refractivity contribution in [2.24, 2.45) is 0 Å². The van der Waals surface area contributed by atoms with Gasteiger partial charge in [0.15, 0.2) is 5.82 Å². The Morgan fingerprint density at radius 3 is 2.81 bits per heavy atom. The molecule has 0 atom stereocenters. The number of hydrogen-bond acceptors (Lipinski definition) is 6. The number of aromatic nitrogens is 4. The van der Waals surface area contributed by atoms with E-state index in [-0.39, 0.29) is 0 Å². The van der Waals surface area contributed by atoms with Crippen LogP contribution in [-0.4, -0.2) is 26.4 Å². The number of rotatable bonds is 5. The number of nitrogens with zero attached hydrogens (tertiary/aromatic N) is 5. The molecule has 0 spiro atoms. The number of fused-ring (bicyclic) bond motifs is 1. The van der Waals surface area contributed by atoms with Crippen molar-refractivity contribution in [3.8, 4) is 23.2 Å². The Balaban J connectivity index is 1.62. The summed E-state index contributed by atoms with van der Waals surface area (Å²) in [6, 6.07) is 15.6. The molecular formula is C19H16N6OS. The third kappa shape index (κ3) is 2.98. The molecule has 0 amide bonds. The summed E-state index contributed by atoms with van der Waals surface area (Å²) in [6.45, 7) is 0. The molecule has 3 heterocycles. The van der Waals surface area contributed by atoms with Crippen LogP contribution >= 0.6 is 11.8 Å². The molecule has 0 unspecified atom stereocenters. The van der Waals surface area contributed by atoms with Crippen LogP contribution in [0.15, 0.2) is 60.0 Å². The number of nitrogens with two attached hydrogens (primary N) is 1. The Bertz CT molecular complexity index is 1160. The summed E-state index contributed by atoms with van der Waals surface area (Å²) >= 11 is 1.43. The maximum Gasteiger partial charge on any atom is 0.210 e. The van der Waals surface area contributed by atoms with Crippen LogP contribution in [0.25, 0.3) is 16.9 Å². The first kappa shape index (κ1) is 17.0. The standard InChI is InChI=1S/C19H16N6OS/c1-26-17-8-3-2-6-14(17)18-22-23-19(25(18)21)27-12-13-11-24-9-5-4-7-16(24)15(13)10-20/h2-9,11H,12,21H2,1H3. The van der Waals surface area contributed by atoms with Gasteiger partial charge in [-0.25, -0.2) is 4.68 Å². The molecule has 0 saturated carbocycles. The first-order chi connectivity index (χ1) is 13.2. The summed E-state index contributed by atoms with van der Waals surface area (Å²) in [5.41, 5.74) is 3.25. The van der Waals surface area contributed by atoms with Gasteiger partial charge >= 0.3 is 0 Å². The van der Waals surface area contributed by atoms with Gasteiger partial charge in [-0.3, -0.25) is 0 Å². The SMILES string of the molecule is COc1ccccc1-c1nnc(SCc2cn3ccccc3c2C#N)n1N. The van der Waals surface area contributed by atoms with E-state index in [2.05, 4.69) is 16.3 Å². The van der Waals surface area contributed by atoms with Gasteiger partial charge in [0.1, 0.15) is 11.8 Å². The van der Waals surface area contributed by atoms with Crippen LogP contribution in [0.1, 0.15) is 11.1 Å². The summed E-state index contributed by atoms with van der Waals surface area (Å²) in [5.74, 6) is 7.98. The van der Waals surface area contributed by atoms with Gasteiger partial charge < -0.3 is 15.0 Å². The van der Waals surface area contributed by atoms with E-state index in [4.69, 9.17) is 10.6 Å². The van der Waals surface area contributed by atoms with Gasteiger partial charge in [-0.05, 0) is 29.8 Å². The first-order valence-electron chi connectivity index (χ1n) is 8.18. The van der Waals surface area contributed by atoms with Gasteiger partial charge in [0.25, 0.3) is 0 Å². The van der Waals surface area contributed by atoms with Crippen LogP contribution in [0.5, 0.6) is 5.75 Å². The van der Waals surface area contributed by atoms with Gasteiger partial charge in [0.2, 0.25) is 5.16 Å². The molecule has 0 aliphatic heterocycles. The fourth-order valence-electron chi connectivity index (χ4n) is 2.95. The molecule has 2 N–H and O–H groups in total. The molecule has 0 aliphatic carbocycles. The van der Waals surface area contributed by atoms with Gasteiger partial charge in [-0.15, -0.1) is 10.2 Å². The molecule has 4 rings (SSSR count). The quantitative estimate of drug-likeness (QED) is 0.425. The normalized spacial score (nSPS) is 10.8. The average Bonchev–Trinajstić information content (AvgIpc) is 3.25. The van der Waals surface area contributed by atoms with Crippen LogP contribution < -0.4 is 10.6 Å². The van der Waals surface area contributed by atoms with Crippen LogP contribution in [-0.2, 0) is 5.75 Å². The maximum atomic E-state index is 9.52. The lowest BCUT2D eigenvalue weighted by atomic mass is 10.2. The van der Waals surface area contributed by atoms with Crippen molar-refractivity contribution < 1.29 is 4.74 Å². The molecule has 0 aliphatic rings. The molecule has 4 aromatic rings. The molecule has 8 heteroatoms. The highest BCUT2D eigenvalue weighted by Gasteiger charge is 2.17. The van der Waals surface area contributed by atoms with E-state index in [9.17, 15) is 5.26 Å². The second kappa shape index (κ2) is 7.05. The van der Waals surface area contributed by atoms with Gasteiger partial charge in [0, 0.05) is 18.1 Å². The van der Waals surface area contributed by atoms with Crippen molar-refractivity contribution in [2.45, 2.75) is 10.9 Å². The van der Waals surface area contributed by atoms with E-state index in [0.717, 1.165) is 16.6 Å². The van der Waals surface area contributed by atoms with Crippen LogP contribution in [0.2, 0.25) is 0 Å². The van der Waals surface area contributed by atoms with Crippen molar-refractivity contribution in [3.63, 3.8) is 0 Å². The van der Waals surface area contributed by atoms with Gasteiger partial charge in [0.05, 0.1) is 23.8 Å². The lowest BCUT2D eigenvalue weighted by Crippen LogP contribution is -2.12. The number of ether oxygens (including phenoxy) is 1. The van der Waals surface area contributed by atoms with Crippen molar-refractivity contribution in [1.29, 1.82) is 5.26 Å². The van der Waals surface area contributed by atoms with E-state index in [1.54, 1.807) is 7.11 Å². The van der Waals surface area contributed by atoms with E-state index in [1.807, 2.05) is 59.3 Å². The topological polar surface area (TPSA) is 94.2 Å². The van der Waals surface area contributed by atoms with Crippen LogP contribution in [0.3, 0.4) is 0 Å². The molecule has 0 saturated heterocycles. The molecule has 1 aromatic carbocycles. The van der Waals surface area contributed by atoms with Crippen molar-refractivity contribution in [1.82, 2.24) is 19.3 Å². The Kier molecular flexibility index (Phi) is 4.44. The van der Waals surface area contributed by atoms with Gasteiger partial charge in [-0.1, -0.05) is 30.0 Å². The first-order valence-corrected chi connectivity index (χ1v) is 9.17. The lowest BCUT2D eigenvalue weighted by molar-refractivity contribution is 0.416. The van der Waals surface area contributed by atoms with E-state index >= 15 is 0 Å². The summed E-state index contributed by atoms with van der Waals surface area (Å²) < 4.78 is 8.77. The zero-order valence-corrected chi connectivity index (χ0v) is 15.3. The molecule has 27 heavy (non-hydrogen) atoms. The number of nitrogen functional groups attached to an aromatic ring is 1. The lowest BCUT2D eigenvalue weighted by Gasteiger charge is -2.07. The number of hydrogen-bond donors (Lipinski definition) is 1. The Morgan fingerprint density at radius 2 is 2.00 bits per heavy atom. The van der Waals surface area contributed by atoms with E-state index < -0.39 is 0 Å². The Morgan fingerprint density at radius 1 is 1.19 bits per heavy atom. The zero-order chi connectivity index (χ0) is 18.8. The predicted molar refractivity (Wildman–Crippen MR) is 104 cm³/mol. The number of nitriles is 1. The molecule has 134 valence electrons. The summed E-state index contributed by atoms with van der Waals surface area (Å²) in [5, 5.41) is 18.5. The molecule has 0 fully saturated rings. The fraction of sp³-hybridized carbons (Fsp3) is 0.105. The largest absolute Gasteiger partial charge is 0.496 e. The zero-order valence-electron chi connectivity index (χ0n) is 14.5. The molecule has 7 nitrogen and oxygen atoms in total. The Labute approximate surface area is 160 Å². The number of benzene rings is 1. The summed E-state index contributed by atoms with van der Waals surface area (Å²) in [6.07, 6.45) is 3.88. The van der Waals surface area contributed by atoms with E-state index in [1.165, 1.54) is 16.4 Å². The summed E-state index contributed by atoms with van der Waals surface area (Å²) in [4.78, 5) is 0. The highest BCUT2D eigenvalue weighted by Crippen LogP contribution is 2.31. The highest BCUT2D eigenvalue weighted by atomic mass is 32.2. The number of thioether (sulfide) groups is 1. The molecule has 0 radical (unpaired) electrons. The number of methoxy groups -OCH3 is 1. The second-order valence-electron chi connectivity index (χ2n) is 5.80. The van der Waals surface area contributed by atoms with Gasteiger partial charge in [-0.2, -0.15) is 5.26 Å². The highest BCUT2D eigenvalue weighted by molar-refractivity contribution is 7.98. The fourth-order valence-corrected chi connectivity index (χ4v) is 3.77. The molecular weight excluding hydrogens is 360 g/mol. The van der Waals surface area contributed by atoms with Crippen molar-refractivity contribution in [3.05, 3.63) is 66.0 Å². The third-order valence-electron chi connectivity index (χ3n) is 4.24. The minimum absolute atomic E-state index is 0.525. The number of para-hydroxylation sites is 1.